The van der Waals surface area contributed by atoms with E-state index < -0.39 is 26.0 Å². The van der Waals surface area contributed by atoms with Gasteiger partial charge in [0.2, 0.25) is 5.95 Å². The summed E-state index contributed by atoms with van der Waals surface area (Å²) in [4.78, 5) is 25.4. The number of carbonyl (C=O) groups excluding carboxylic acids is 2. The summed E-state index contributed by atoms with van der Waals surface area (Å²) in [6, 6.07) is 21.4. The highest BCUT2D eigenvalue weighted by Crippen LogP contribution is 2.28. The Morgan fingerprint density at radius 2 is 1.20 bits per heavy atom. The molecule has 204 valence electrons. The SMILES string of the molecule is O=Cc1cc(-c2cccnc2F)n(S(=O)(=O)c2ccccc2)c1.O=Cc1cc(Br)n(S(=O)(=O)c2ccccc2)c1. The van der Waals surface area contributed by atoms with Gasteiger partial charge in [0.15, 0.2) is 12.6 Å². The van der Waals surface area contributed by atoms with E-state index in [1.165, 1.54) is 60.9 Å². The molecule has 0 saturated heterocycles. The zero-order chi connectivity index (χ0) is 28.9. The molecule has 3 aromatic heterocycles. The fraction of sp³-hybridized carbons (Fsp3) is 0. The summed E-state index contributed by atoms with van der Waals surface area (Å²) in [6.07, 6.45) is 4.81. The molecule has 40 heavy (non-hydrogen) atoms. The third kappa shape index (κ3) is 5.86. The van der Waals surface area contributed by atoms with Gasteiger partial charge in [-0.3, -0.25) is 9.59 Å². The summed E-state index contributed by atoms with van der Waals surface area (Å²) in [6.45, 7) is 0. The van der Waals surface area contributed by atoms with Gasteiger partial charge < -0.3 is 0 Å². The lowest BCUT2D eigenvalue weighted by molar-refractivity contribution is 0.111. The molecule has 0 bridgehead atoms. The molecule has 5 rings (SSSR count). The van der Waals surface area contributed by atoms with E-state index in [1.807, 2.05) is 0 Å². The largest absolute Gasteiger partial charge is 0.298 e. The fourth-order valence-corrected chi connectivity index (χ4v) is 7.20. The molecule has 0 spiro atoms. The van der Waals surface area contributed by atoms with Crippen LogP contribution in [0.15, 0.2) is 118 Å². The third-order valence-corrected chi connectivity index (χ3v) is 9.70. The summed E-state index contributed by atoms with van der Waals surface area (Å²) in [5.41, 5.74) is 0.473. The van der Waals surface area contributed by atoms with Crippen LogP contribution in [-0.2, 0) is 20.0 Å². The van der Waals surface area contributed by atoms with Crippen molar-refractivity contribution in [2.75, 3.05) is 0 Å². The van der Waals surface area contributed by atoms with Gasteiger partial charge >= 0.3 is 0 Å². The number of hydrogen-bond donors (Lipinski definition) is 0. The molecule has 0 atom stereocenters. The number of pyridine rings is 1. The van der Waals surface area contributed by atoms with Gasteiger partial charge in [0.1, 0.15) is 4.60 Å². The van der Waals surface area contributed by atoms with Crippen molar-refractivity contribution in [3.63, 3.8) is 0 Å². The number of benzene rings is 2. The molecule has 13 heteroatoms. The van der Waals surface area contributed by atoms with Crippen molar-refractivity contribution in [1.29, 1.82) is 0 Å². The van der Waals surface area contributed by atoms with Crippen molar-refractivity contribution in [1.82, 2.24) is 12.9 Å². The average molecular weight is 645 g/mol. The van der Waals surface area contributed by atoms with Crippen molar-refractivity contribution in [3.05, 3.63) is 125 Å². The minimum Gasteiger partial charge on any atom is -0.298 e. The number of nitrogens with zero attached hydrogens (tertiary/aromatic N) is 3. The lowest BCUT2D eigenvalue weighted by atomic mass is 10.2. The standard InChI is InChI=1S/C16H11FN2O3S.C11H8BrNO3S/c17-16-14(7-4-8-18-16)15-9-12(11-20)10-19(15)23(21,22)13-5-2-1-3-6-13;12-11-6-9(8-14)7-13(11)17(15,16)10-4-2-1-3-5-10/h1-11H;1-8H. The minimum absolute atomic E-state index is 0.0000983. The van der Waals surface area contributed by atoms with Crippen LogP contribution in [-0.4, -0.2) is 42.3 Å². The van der Waals surface area contributed by atoms with E-state index in [4.69, 9.17) is 0 Å². The molecule has 0 saturated carbocycles. The summed E-state index contributed by atoms with van der Waals surface area (Å²) in [5, 5.41) is 0. The maximum atomic E-state index is 14.0. The number of rotatable bonds is 7. The normalized spacial score (nSPS) is 11.3. The van der Waals surface area contributed by atoms with Crippen molar-refractivity contribution < 1.29 is 30.8 Å². The van der Waals surface area contributed by atoms with E-state index in [0.717, 1.165) is 14.1 Å². The quantitative estimate of drug-likeness (QED) is 0.180. The molecular formula is C27H19BrFN3O6S2. The predicted octanol–water partition coefficient (Wildman–Crippen LogP) is 5.04. The summed E-state index contributed by atoms with van der Waals surface area (Å²) in [5.74, 6) is -0.812. The van der Waals surface area contributed by atoms with Crippen LogP contribution in [0.4, 0.5) is 4.39 Å². The van der Waals surface area contributed by atoms with Crippen LogP contribution < -0.4 is 0 Å². The molecule has 0 radical (unpaired) electrons. The zero-order valence-electron chi connectivity index (χ0n) is 20.3. The van der Waals surface area contributed by atoms with E-state index in [-0.39, 0.29) is 26.6 Å². The molecule has 0 N–H and O–H groups in total. The molecule has 2 aromatic carbocycles. The van der Waals surface area contributed by atoms with Crippen LogP contribution >= 0.6 is 15.9 Å². The Balaban J connectivity index is 0.000000194. The van der Waals surface area contributed by atoms with Crippen LogP contribution in [0.25, 0.3) is 11.3 Å². The number of halogens is 2. The van der Waals surface area contributed by atoms with Crippen molar-refractivity contribution in [2.24, 2.45) is 0 Å². The van der Waals surface area contributed by atoms with Crippen molar-refractivity contribution >= 4 is 48.5 Å². The molecule has 0 aliphatic rings. The Morgan fingerprint density at radius 1 is 0.700 bits per heavy atom. The van der Waals surface area contributed by atoms with E-state index in [9.17, 15) is 30.8 Å². The van der Waals surface area contributed by atoms with Gasteiger partial charge in [-0.1, -0.05) is 36.4 Å². The third-order valence-electron chi connectivity index (χ3n) is 5.48. The number of carbonyl (C=O) groups is 2. The monoisotopic (exact) mass is 643 g/mol. The topological polar surface area (TPSA) is 125 Å². The summed E-state index contributed by atoms with van der Waals surface area (Å²) in [7, 11) is -7.61. The Morgan fingerprint density at radius 3 is 1.70 bits per heavy atom. The summed E-state index contributed by atoms with van der Waals surface area (Å²) >= 11 is 3.12. The highest BCUT2D eigenvalue weighted by Gasteiger charge is 2.23. The van der Waals surface area contributed by atoms with Crippen LogP contribution in [0.2, 0.25) is 0 Å². The van der Waals surface area contributed by atoms with E-state index in [0.29, 0.717) is 22.7 Å². The van der Waals surface area contributed by atoms with E-state index in [2.05, 4.69) is 20.9 Å². The first-order chi connectivity index (χ1) is 19.1. The Bertz CT molecular complexity index is 1890. The number of hydrogen-bond acceptors (Lipinski definition) is 7. The molecule has 5 aromatic rings. The Hall–Kier alpha value is -4.20. The van der Waals surface area contributed by atoms with Gasteiger partial charge in [0.05, 0.1) is 21.0 Å². The van der Waals surface area contributed by atoms with E-state index >= 15 is 0 Å². The average Bonchev–Trinajstić information content (AvgIpc) is 3.59. The van der Waals surface area contributed by atoms with Gasteiger partial charge in [-0.25, -0.2) is 29.8 Å². The van der Waals surface area contributed by atoms with Gasteiger partial charge in [0, 0.05) is 29.7 Å². The second-order valence-corrected chi connectivity index (χ2v) is 12.5. The molecule has 9 nitrogen and oxygen atoms in total. The minimum atomic E-state index is -3.96. The second kappa shape index (κ2) is 11.9. The van der Waals surface area contributed by atoms with Gasteiger partial charge in [-0.2, -0.15) is 4.39 Å². The molecule has 0 aliphatic carbocycles. The smallest absolute Gasteiger partial charge is 0.268 e. The maximum Gasteiger partial charge on any atom is 0.268 e. The Labute approximate surface area is 237 Å². The first kappa shape index (κ1) is 28.8. The van der Waals surface area contributed by atoms with Crippen LogP contribution in [0.5, 0.6) is 0 Å². The number of aromatic nitrogens is 3. The first-order valence-corrected chi connectivity index (χ1v) is 15.0. The maximum absolute atomic E-state index is 14.0. The first-order valence-electron chi connectivity index (χ1n) is 11.3. The highest BCUT2D eigenvalue weighted by molar-refractivity contribution is 9.10. The molecular weight excluding hydrogens is 625 g/mol. The van der Waals surface area contributed by atoms with Crippen LogP contribution in [0.1, 0.15) is 20.7 Å². The number of aldehydes is 2. The van der Waals surface area contributed by atoms with Gasteiger partial charge in [-0.15, -0.1) is 0 Å². The van der Waals surface area contributed by atoms with Crippen LogP contribution in [0, 0.1) is 5.95 Å². The molecule has 0 fully saturated rings. The lowest BCUT2D eigenvalue weighted by Crippen LogP contribution is -2.13. The highest BCUT2D eigenvalue weighted by atomic mass is 79.9. The predicted molar refractivity (Wildman–Crippen MR) is 149 cm³/mol. The molecule has 0 unspecified atom stereocenters. The lowest BCUT2D eigenvalue weighted by Gasteiger charge is -2.10. The van der Waals surface area contributed by atoms with Gasteiger partial charge in [0.25, 0.3) is 20.0 Å². The van der Waals surface area contributed by atoms with Gasteiger partial charge in [-0.05, 0) is 64.5 Å². The van der Waals surface area contributed by atoms with E-state index in [1.54, 1.807) is 36.4 Å². The fourth-order valence-electron chi connectivity index (χ4n) is 3.60. The molecule has 3 heterocycles. The second-order valence-electron chi connectivity index (χ2n) is 8.06. The molecule has 0 amide bonds. The zero-order valence-corrected chi connectivity index (χ0v) is 23.6. The van der Waals surface area contributed by atoms with Crippen LogP contribution in [0.3, 0.4) is 0 Å². The Kier molecular flexibility index (Phi) is 8.57. The summed E-state index contributed by atoms with van der Waals surface area (Å²) < 4.78 is 66.2. The van der Waals surface area contributed by atoms with Crippen molar-refractivity contribution in [2.45, 2.75) is 9.79 Å². The van der Waals surface area contributed by atoms with Crippen molar-refractivity contribution in [3.8, 4) is 11.3 Å². The molecule has 0 aliphatic heterocycles.